The molecular weight excluding hydrogens is 324 g/mol. The van der Waals surface area contributed by atoms with Gasteiger partial charge in [-0.05, 0) is 42.0 Å². The maximum atomic E-state index is 11.9. The second kappa shape index (κ2) is 7.49. The molecule has 3 aromatic rings. The van der Waals surface area contributed by atoms with Crippen LogP contribution in [0.25, 0.3) is 0 Å². The van der Waals surface area contributed by atoms with Crippen molar-refractivity contribution < 1.29 is 4.79 Å². The number of fused-ring (bicyclic) bond motifs is 3. The number of thioether (sulfide) groups is 1. The van der Waals surface area contributed by atoms with Gasteiger partial charge in [-0.15, -0.1) is 11.8 Å². The lowest BCUT2D eigenvalue weighted by molar-refractivity contribution is 0.103. The predicted molar refractivity (Wildman–Crippen MR) is 97.3 cm³/mol. The third-order valence-electron chi connectivity index (χ3n) is 3.47. The topological polar surface area (TPSA) is 17.1 Å². The largest absolute Gasteiger partial charge is 0.289 e. The highest BCUT2D eigenvalue weighted by Crippen LogP contribution is 2.28. The van der Waals surface area contributed by atoms with Crippen molar-refractivity contribution in [3.05, 3.63) is 101 Å². The molecule has 5 rings (SSSR count). The molecule has 0 spiro atoms. The van der Waals surface area contributed by atoms with Crippen LogP contribution in [0.15, 0.2) is 83.8 Å². The zero-order valence-electron chi connectivity index (χ0n) is 12.4. The van der Waals surface area contributed by atoms with Crippen molar-refractivity contribution in [2.75, 3.05) is 0 Å². The number of benzene rings is 3. The number of hydrogen-bond acceptors (Lipinski definition) is 2. The Morgan fingerprint density at radius 1 is 0.783 bits per heavy atom. The van der Waals surface area contributed by atoms with Gasteiger partial charge in [0.25, 0.3) is 0 Å². The van der Waals surface area contributed by atoms with E-state index in [0.29, 0.717) is 16.1 Å². The van der Waals surface area contributed by atoms with Gasteiger partial charge in [0.15, 0.2) is 5.78 Å². The van der Waals surface area contributed by atoms with Gasteiger partial charge in [-0.25, -0.2) is 0 Å². The van der Waals surface area contributed by atoms with Crippen LogP contribution in [0.3, 0.4) is 0 Å². The minimum Gasteiger partial charge on any atom is -0.289 e. The van der Waals surface area contributed by atoms with Crippen molar-refractivity contribution >= 4 is 29.1 Å². The summed E-state index contributed by atoms with van der Waals surface area (Å²) in [5, 5.41) is 0.639. The van der Waals surface area contributed by atoms with Crippen LogP contribution in [0.5, 0.6) is 0 Å². The van der Waals surface area contributed by atoms with Crippen molar-refractivity contribution in [2.45, 2.75) is 10.6 Å². The second-order valence-corrected chi connectivity index (χ2v) is 6.62. The molecule has 2 bridgehead atoms. The molecule has 0 amide bonds. The fourth-order valence-corrected chi connectivity index (χ4v) is 3.19. The normalized spacial score (nSPS) is 11.5. The van der Waals surface area contributed by atoms with Crippen LogP contribution < -0.4 is 0 Å². The van der Waals surface area contributed by atoms with Gasteiger partial charge >= 0.3 is 0 Å². The summed E-state index contributed by atoms with van der Waals surface area (Å²) in [6.07, 6.45) is 0. The molecule has 0 N–H and O–H groups in total. The van der Waals surface area contributed by atoms with E-state index in [9.17, 15) is 4.79 Å². The maximum absolute atomic E-state index is 11.9. The van der Waals surface area contributed by atoms with E-state index in [1.807, 2.05) is 30.0 Å². The molecule has 23 heavy (non-hydrogen) atoms. The van der Waals surface area contributed by atoms with Crippen LogP contribution in [0.2, 0.25) is 5.02 Å². The van der Waals surface area contributed by atoms with E-state index >= 15 is 0 Å². The Labute approximate surface area is 145 Å². The van der Waals surface area contributed by atoms with Crippen molar-refractivity contribution in [3.8, 4) is 0 Å². The fourth-order valence-electron chi connectivity index (χ4n) is 2.21. The Hall–Kier alpha value is -2.03. The molecule has 114 valence electrons. The molecule has 0 aromatic heterocycles. The van der Waals surface area contributed by atoms with Gasteiger partial charge < -0.3 is 0 Å². The van der Waals surface area contributed by atoms with Crippen molar-refractivity contribution in [1.82, 2.24) is 0 Å². The summed E-state index contributed by atoms with van der Waals surface area (Å²) in [5.41, 5.74) is 2.80. The number of halogens is 1. The van der Waals surface area contributed by atoms with E-state index in [-0.39, 0.29) is 5.78 Å². The molecule has 0 atom stereocenters. The summed E-state index contributed by atoms with van der Waals surface area (Å²) < 4.78 is 0. The Bertz CT molecular complexity index is 757. The van der Waals surface area contributed by atoms with Gasteiger partial charge in [-0.1, -0.05) is 54.1 Å². The first-order valence-corrected chi connectivity index (χ1v) is 8.66. The second-order valence-electron chi connectivity index (χ2n) is 5.13. The van der Waals surface area contributed by atoms with E-state index in [2.05, 4.69) is 24.3 Å². The van der Waals surface area contributed by atoms with E-state index in [1.54, 1.807) is 36.4 Å². The van der Waals surface area contributed by atoms with E-state index in [0.717, 1.165) is 0 Å². The third kappa shape index (κ3) is 4.25. The van der Waals surface area contributed by atoms with Crippen molar-refractivity contribution in [1.29, 1.82) is 0 Å². The average molecular weight is 339 g/mol. The highest BCUT2D eigenvalue weighted by Gasteiger charge is 2.07. The standard InChI is InChI=1S/C13H9ClO.C7H6S/c14-12-8-6-11(7-9-12)13(15)10-4-2-1-3-5-10;1-3-7-4-2-6(1)5-8-7/h1-9H;1-4H,5H2. The summed E-state index contributed by atoms with van der Waals surface area (Å²) in [6.45, 7) is 0. The zero-order chi connectivity index (χ0) is 16.1. The molecule has 0 aliphatic carbocycles. The summed E-state index contributed by atoms with van der Waals surface area (Å²) in [6, 6.07) is 24.8. The van der Waals surface area contributed by atoms with Crippen LogP contribution >= 0.6 is 23.4 Å². The SMILES string of the molecule is O=C(c1ccccc1)c1ccc(Cl)cc1.c1cc2ccc1CS2. The number of carbonyl (C=O) groups is 1. The van der Waals surface area contributed by atoms with Gasteiger partial charge in [0.2, 0.25) is 0 Å². The number of rotatable bonds is 2. The summed E-state index contributed by atoms with van der Waals surface area (Å²) in [7, 11) is 0. The lowest BCUT2D eigenvalue weighted by atomic mass is 10.0. The molecule has 1 nitrogen and oxygen atoms in total. The summed E-state index contributed by atoms with van der Waals surface area (Å²) in [5.74, 6) is 1.20. The lowest BCUT2D eigenvalue weighted by Gasteiger charge is -2.08. The number of carbonyl (C=O) groups excluding carboxylic acids is 1. The van der Waals surface area contributed by atoms with E-state index in [4.69, 9.17) is 11.6 Å². The molecule has 0 fully saturated rings. The van der Waals surface area contributed by atoms with E-state index < -0.39 is 0 Å². The van der Waals surface area contributed by atoms with Crippen LogP contribution in [-0.4, -0.2) is 5.78 Å². The van der Waals surface area contributed by atoms with Crippen molar-refractivity contribution in [2.24, 2.45) is 0 Å². The van der Waals surface area contributed by atoms with Gasteiger partial charge in [-0.3, -0.25) is 4.79 Å². The van der Waals surface area contributed by atoms with Crippen molar-refractivity contribution in [3.63, 3.8) is 0 Å². The third-order valence-corrected chi connectivity index (χ3v) is 4.81. The predicted octanol–water partition coefficient (Wildman–Crippen LogP) is 5.86. The zero-order valence-corrected chi connectivity index (χ0v) is 14.0. The molecule has 2 heterocycles. The monoisotopic (exact) mass is 338 g/mol. The van der Waals surface area contributed by atoms with Crippen LogP contribution in [-0.2, 0) is 5.75 Å². The minimum atomic E-state index is 0.0206. The maximum Gasteiger partial charge on any atom is 0.193 e. The molecule has 0 unspecified atom stereocenters. The number of ketones is 1. The Morgan fingerprint density at radius 2 is 1.39 bits per heavy atom. The molecule has 0 saturated carbocycles. The van der Waals surface area contributed by atoms with Crippen LogP contribution in [0.4, 0.5) is 0 Å². The molecule has 2 aliphatic rings. The van der Waals surface area contributed by atoms with Gasteiger partial charge in [0, 0.05) is 26.8 Å². The van der Waals surface area contributed by atoms with Crippen LogP contribution in [0.1, 0.15) is 21.5 Å². The first-order chi connectivity index (χ1) is 11.2. The molecule has 0 radical (unpaired) electrons. The smallest absolute Gasteiger partial charge is 0.193 e. The lowest BCUT2D eigenvalue weighted by Crippen LogP contribution is -1.99. The number of hydrogen-bond donors (Lipinski definition) is 0. The minimum absolute atomic E-state index is 0.0206. The highest BCUT2D eigenvalue weighted by atomic mass is 35.5. The molecule has 3 heteroatoms. The Kier molecular flexibility index (Phi) is 5.16. The average Bonchev–Trinajstić information content (AvgIpc) is 2.65. The first kappa shape index (κ1) is 15.9. The molecule has 3 aromatic carbocycles. The molecular formula is C20H15ClOS. The van der Waals surface area contributed by atoms with Gasteiger partial charge in [0.1, 0.15) is 0 Å². The summed E-state index contributed by atoms with van der Waals surface area (Å²) in [4.78, 5) is 13.3. The first-order valence-electron chi connectivity index (χ1n) is 7.29. The van der Waals surface area contributed by atoms with Gasteiger partial charge in [-0.2, -0.15) is 0 Å². The highest BCUT2D eigenvalue weighted by molar-refractivity contribution is 7.98. The van der Waals surface area contributed by atoms with E-state index in [1.165, 1.54) is 16.2 Å². The molecule has 2 aliphatic heterocycles. The van der Waals surface area contributed by atoms with Crippen LogP contribution in [0, 0.1) is 0 Å². The summed E-state index contributed by atoms with van der Waals surface area (Å²) >= 11 is 7.67. The Morgan fingerprint density at radius 3 is 1.83 bits per heavy atom. The fraction of sp³-hybridized carbons (Fsp3) is 0.0500. The molecule has 0 saturated heterocycles. The quantitative estimate of drug-likeness (QED) is 0.544. The van der Waals surface area contributed by atoms with Gasteiger partial charge in [0.05, 0.1) is 0 Å². The Balaban J connectivity index is 0.000000162.